The molecule has 2 aromatic heterocycles. The van der Waals surface area contributed by atoms with Crippen molar-refractivity contribution >= 4 is 5.91 Å². The molecular formula is C17H21N3O2. The van der Waals surface area contributed by atoms with Crippen LogP contribution in [0.2, 0.25) is 0 Å². The molecule has 0 atom stereocenters. The van der Waals surface area contributed by atoms with Gasteiger partial charge >= 0.3 is 0 Å². The Morgan fingerprint density at radius 2 is 2.00 bits per heavy atom. The number of nitrogens with zero attached hydrogens (tertiary/aromatic N) is 3. The monoisotopic (exact) mass is 299 g/mol. The fraction of sp³-hybridized carbons (Fsp3) is 0.412. The molecule has 0 aromatic carbocycles. The average Bonchev–Trinajstić information content (AvgIpc) is 2.83. The quantitative estimate of drug-likeness (QED) is 0.923. The summed E-state index contributed by atoms with van der Waals surface area (Å²) in [6.45, 7) is 5.17. The second kappa shape index (κ2) is 5.93. The highest BCUT2D eigenvalue weighted by atomic mass is 16.3. The number of amides is 1. The number of aliphatic hydroxyl groups excluding tert-OH is 1. The van der Waals surface area contributed by atoms with E-state index in [1.165, 1.54) is 0 Å². The van der Waals surface area contributed by atoms with Gasteiger partial charge in [0.1, 0.15) is 5.82 Å². The standard InChI is InChI=1S/C17H21N3O2/c1-12-11-15(17(22)19-9-6-14(21)7-10-19)13(2)20(12)16-5-3-4-8-18-16/h3-5,8,11,14,21H,6-7,9-10H2,1-2H3. The number of rotatable bonds is 2. The van der Waals surface area contributed by atoms with E-state index in [-0.39, 0.29) is 12.0 Å². The van der Waals surface area contributed by atoms with Crippen LogP contribution in [0.3, 0.4) is 0 Å². The number of pyridine rings is 1. The molecule has 0 bridgehead atoms. The highest BCUT2D eigenvalue weighted by Crippen LogP contribution is 2.22. The third kappa shape index (κ3) is 2.64. The number of aryl methyl sites for hydroxylation is 1. The molecule has 5 nitrogen and oxygen atoms in total. The number of hydrogen-bond donors (Lipinski definition) is 1. The van der Waals surface area contributed by atoms with Crippen molar-refractivity contribution in [1.29, 1.82) is 0 Å². The van der Waals surface area contributed by atoms with E-state index in [0.29, 0.717) is 25.9 Å². The number of aliphatic hydroxyl groups is 1. The van der Waals surface area contributed by atoms with E-state index in [2.05, 4.69) is 4.98 Å². The summed E-state index contributed by atoms with van der Waals surface area (Å²) in [7, 11) is 0. The Morgan fingerprint density at radius 3 is 2.64 bits per heavy atom. The molecule has 0 aliphatic carbocycles. The lowest BCUT2D eigenvalue weighted by molar-refractivity contribution is 0.0546. The predicted molar refractivity (Wildman–Crippen MR) is 84.2 cm³/mol. The Morgan fingerprint density at radius 1 is 1.27 bits per heavy atom. The fourth-order valence-corrected chi connectivity index (χ4v) is 3.06. The summed E-state index contributed by atoms with van der Waals surface area (Å²) in [5, 5.41) is 9.58. The third-order valence-corrected chi connectivity index (χ3v) is 4.29. The van der Waals surface area contributed by atoms with Crippen LogP contribution in [-0.4, -0.2) is 44.7 Å². The van der Waals surface area contributed by atoms with E-state index in [1.807, 2.05) is 47.6 Å². The minimum absolute atomic E-state index is 0.0437. The largest absolute Gasteiger partial charge is 0.393 e. The van der Waals surface area contributed by atoms with Gasteiger partial charge in [-0.05, 0) is 44.9 Å². The van der Waals surface area contributed by atoms with Gasteiger partial charge in [-0.15, -0.1) is 0 Å². The molecule has 1 fully saturated rings. The van der Waals surface area contributed by atoms with E-state index < -0.39 is 0 Å². The summed E-state index contributed by atoms with van der Waals surface area (Å²) in [6.07, 6.45) is 2.79. The molecule has 1 amide bonds. The van der Waals surface area contributed by atoms with E-state index in [9.17, 15) is 9.90 Å². The van der Waals surface area contributed by atoms with Crippen LogP contribution >= 0.6 is 0 Å². The fourth-order valence-electron chi connectivity index (χ4n) is 3.06. The first kappa shape index (κ1) is 14.8. The van der Waals surface area contributed by atoms with Crippen molar-refractivity contribution in [2.24, 2.45) is 0 Å². The number of carbonyl (C=O) groups is 1. The molecular weight excluding hydrogens is 278 g/mol. The van der Waals surface area contributed by atoms with E-state index in [0.717, 1.165) is 22.8 Å². The zero-order chi connectivity index (χ0) is 15.7. The topological polar surface area (TPSA) is 58.4 Å². The highest BCUT2D eigenvalue weighted by Gasteiger charge is 2.25. The number of piperidine rings is 1. The maximum atomic E-state index is 12.7. The lowest BCUT2D eigenvalue weighted by atomic mass is 10.1. The maximum absolute atomic E-state index is 12.7. The minimum atomic E-state index is -0.273. The predicted octanol–water partition coefficient (Wildman–Crippen LogP) is 2.09. The second-order valence-electron chi connectivity index (χ2n) is 5.83. The molecule has 1 aliphatic heterocycles. The van der Waals surface area contributed by atoms with Crippen molar-refractivity contribution in [1.82, 2.24) is 14.5 Å². The molecule has 0 spiro atoms. The van der Waals surface area contributed by atoms with Crippen LogP contribution < -0.4 is 0 Å². The molecule has 0 unspecified atom stereocenters. The van der Waals surface area contributed by atoms with Gasteiger partial charge in [0.2, 0.25) is 0 Å². The Bertz CT molecular complexity index is 671. The SMILES string of the molecule is Cc1cc(C(=O)N2CCC(O)CC2)c(C)n1-c1ccccn1. The van der Waals surface area contributed by atoms with Crippen molar-refractivity contribution in [3.8, 4) is 5.82 Å². The molecule has 116 valence electrons. The molecule has 0 saturated carbocycles. The van der Waals surface area contributed by atoms with Crippen molar-refractivity contribution in [2.75, 3.05) is 13.1 Å². The first-order chi connectivity index (χ1) is 10.6. The summed E-state index contributed by atoms with van der Waals surface area (Å²) in [4.78, 5) is 18.9. The van der Waals surface area contributed by atoms with Gasteiger partial charge in [-0.1, -0.05) is 6.07 Å². The van der Waals surface area contributed by atoms with Crippen LogP contribution in [-0.2, 0) is 0 Å². The van der Waals surface area contributed by atoms with Crippen molar-refractivity contribution in [2.45, 2.75) is 32.8 Å². The number of aromatic nitrogens is 2. The second-order valence-corrected chi connectivity index (χ2v) is 5.83. The van der Waals surface area contributed by atoms with Gasteiger partial charge in [0.05, 0.1) is 11.7 Å². The average molecular weight is 299 g/mol. The third-order valence-electron chi connectivity index (χ3n) is 4.29. The smallest absolute Gasteiger partial charge is 0.255 e. The Kier molecular flexibility index (Phi) is 3.98. The molecule has 0 radical (unpaired) electrons. The molecule has 1 saturated heterocycles. The van der Waals surface area contributed by atoms with E-state index in [4.69, 9.17) is 0 Å². The van der Waals surface area contributed by atoms with Gasteiger partial charge in [0.25, 0.3) is 5.91 Å². The van der Waals surface area contributed by atoms with Crippen LogP contribution in [0.4, 0.5) is 0 Å². The minimum Gasteiger partial charge on any atom is -0.393 e. The van der Waals surface area contributed by atoms with Gasteiger partial charge in [-0.2, -0.15) is 0 Å². The molecule has 3 rings (SSSR count). The van der Waals surface area contributed by atoms with Crippen LogP contribution in [0.25, 0.3) is 5.82 Å². The van der Waals surface area contributed by atoms with Crippen LogP contribution in [0.5, 0.6) is 0 Å². The first-order valence-corrected chi connectivity index (χ1v) is 7.65. The zero-order valence-corrected chi connectivity index (χ0v) is 13.0. The first-order valence-electron chi connectivity index (χ1n) is 7.65. The number of carbonyl (C=O) groups excluding carboxylic acids is 1. The summed E-state index contributed by atoms with van der Waals surface area (Å²) in [5.41, 5.74) is 2.63. The normalized spacial score (nSPS) is 16.0. The van der Waals surface area contributed by atoms with Gasteiger partial charge in [-0.3, -0.25) is 4.79 Å². The van der Waals surface area contributed by atoms with Gasteiger partial charge < -0.3 is 14.6 Å². The number of hydrogen-bond acceptors (Lipinski definition) is 3. The summed E-state index contributed by atoms with van der Waals surface area (Å²) in [5.74, 6) is 0.868. The molecule has 5 heteroatoms. The molecule has 1 aliphatic rings. The zero-order valence-electron chi connectivity index (χ0n) is 13.0. The highest BCUT2D eigenvalue weighted by molar-refractivity contribution is 5.96. The van der Waals surface area contributed by atoms with Crippen LogP contribution in [0.15, 0.2) is 30.5 Å². The Labute approximate surface area is 130 Å². The molecule has 2 aromatic rings. The van der Waals surface area contributed by atoms with Gasteiger partial charge in [0, 0.05) is 30.7 Å². The van der Waals surface area contributed by atoms with Crippen LogP contribution in [0, 0.1) is 13.8 Å². The van der Waals surface area contributed by atoms with Crippen molar-refractivity contribution < 1.29 is 9.90 Å². The van der Waals surface area contributed by atoms with Crippen molar-refractivity contribution in [3.63, 3.8) is 0 Å². The van der Waals surface area contributed by atoms with Gasteiger partial charge in [-0.25, -0.2) is 4.98 Å². The lowest BCUT2D eigenvalue weighted by Gasteiger charge is -2.29. The Balaban J connectivity index is 1.91. The summed E-state index contributed by atoms with van der Waals surface area (Å²) >= 11 is 0. The summed E-state index contributed by atoms with van der Waals surface area (Å²) in [6, 6.07) is 7.68. The maximum Gasteiger partial charge on any atom is 0.255 e. The molecule has 1 N–H and O–H groups in total. The van der Waals surface area contributed by atoms with Gasteiger partial charge in [0.15, 0.2) is 0 Å². The lowest BCUT2D eigenvalue weighted by Crippen LogP contribution is -2.40. The summed E-state index contributed by atoms with van der Waals surface area (Å²) < 4.78 is 2.01. The van der Waals surface area contributed by atoms with Crippen molar-refractivity contribution in [3.05, 3.63) is 47.4 Å². The molecule has 22 heavy (non-hydrogen) atoms. The van der Waals surface area contributed by atoms with E-state index in [1.54, 1.807) is 6.20 Å². The van der Waals surface area contributed by atoms with E-state index >= 15 is 0 Å². The number of likely N-dealkylation sites (tertiary alicyclic amines) is 1. The Hall–Kier alpha value is -2.14. The van der Waals surface area contributed by atoms with Crippen LogP contribution in [0.1, 0.15) is 34.6 Å². The molecule has 3 heterocycles.